The predicted molar refractivity (Wildman–Crippen MR) is 128 cm³/mol. The summed E-state index contributed by atoms with van der Waals surface area (Å²) in [6.07, 6.45) is 0.916. The first kappa shape index (κ1) is 22.1. The average molecular weight is 482 g/mol. The van der Waals surface area contributed by atoms with Crippen LogP contribution in [0.2, 0.25) is 5.02 Å². The van der Waals surface area contributed by atoms with E-state index in [9.17, 15) is 4.79 Å². The minimum atomic E-state index is -0.443. The Kier molecular flexibility index (Phi) is 5.57. The Labute approximate surface area is 201 Å². The van der Waals surface area contributed by atoms with Gasteiger partial charge in [0.15, 0.2) is 17.3 Å². The summed E-state index contributed by atoms with van der Waals surface area (Å²) in [6, 6.07) is 10.7. The Hall–Kier alpha value is -3.72. The lowest BCUT2D eigenvalue weighted by molar-refractivity contribution is -0.116. The topological polar surface area (TPSA) is 114 Å². The van der Waals surface area contributed by atoms with E-state index in [0.29, 0.717) is 46.6 Å². The number of rotatable bonds is 5. The quantitative estimate of drug-likeness (QED) is 0.563. The van der Waals surface area contributed by atoms with Gasteiger partial charge in [0.25, 0.3) is 0 Å². The van der Waals surface area contributed by atoms with Crippen LogP contribution in [0.15, 0.2) is 47.7 Å². The van der Waals surface area contributed by atoms with Gasteiger partial charge in [-0.3, -0.25) is 4.79 Å². The summed E-state index contributed by atoms with van der Waals surface area (Å²) in [4.78, 5) is 17.9. The highest BCUT2D eigenvalue weighted by atomic mass is 35.5. The van der Waals surface area contributed by atoms with E-state index >= 15 is 0 Å². The third-order valence-corrected chi connectivity index (χ3v) is 6.53. The minimum Gasteiger partial charge on any atom is -0.493 e. The molecule has 2 aromatic carbocycles. The second-order valence-corrected chi connectivity index (χ2v) is 8.63. The Morgan fingerprint density at radius 1 is 1.03 bits per heavy atom. The smallest absolute Gasteiger partial charge is 0.241 e. The van der Waals surface area contributed by atoms with Gasteiger partial charge < -0.3 is 25.3 Å². The van der Waals surface area contributed by atoms with Gasteiger partial charge in [0.2, 0.25) is 17.6 Å². The van der Waals surface area contributed by atoms with Crippen molar-refractivity contribution in [1.82, 2.24) is 14.8 Å². The van der Waals surface area contributed by atoms with Gasteiger partial charge in [0.05, 0.1) is 21.3 Å². The molecule has 3 aromatic rings. The Morgan fingerprint density at radius 3 is 2.32 bits per heavy atom. The number of fused-ring (bicyclic) bond motifs is 1. The molecular weight excluding hydrogens is 458 g/mol. The van der Waals surface area contributed by atoms with Crippen molar-refractivity contribution >= 4 is 29.3 Å². The van der Waals surface area contributed by atoms with Crippen LogP contribution in [-0.2, 0) is 4.79 Å². The zero-order valence-electron chi connectivity index (χ0n) is 19.0. The van der Waals surface area contributed by atoms with Crippen LogP contribution >= 0.6 is 11.6 Å². The van der Waals surface area contributed by atoms with E-state index in [2.05, 4.69) is 15.4 Å². The molecule has 2 unspecified atom stereocenters. The number of halogens is 1. The molecule has 0 bridgehead atoms. The summed E-state index contributed by atoms with van der Waals surface area (Å²) in [6.45, 7) is 0. The zero-order valence-corrected chi connectivity index (χ0v) is 19.7. The molecule has 2 aliphatic rings. The number of ketones is 1. The van der Waals surface area contributed by atoms with Crippen molar-refractivity contribution < 1.29 is 19.0 Å². The lowest BCUT2D eigenvalue weighted by Crippen LogP contribution is -2.33. The summed E-state index contributed by atoms with van der Waals surface area (Å²) in [5, 5.41) is 8.26. The number of allylic oxidation sites excluding steroid dienone is 2. The molecule has 0 radical (unpaired) electrons. The molecule has 0 saturated carbocycles. The highest BCUT2D eigenvalue weighted by Gasteiger charge is 2.40. The molecular formula is C24H24ClN5O4. The molecule has 2 heterocycles. The van der Waals surface area contributed by atoms with Gasteiger partial charge in [-0.2, -0.15) is 4.98 Å². The summed E-state index contributed by atoms with van der Waals surface area (Å²) in [5.41, 5.74) is 9.17. The SMILES string of the molecule is COc1cc(C2CC(=O)C3=C(C2)Nc2nc(N)nn2C3c2ccc(Cl)cc2)cc(OC)c1OC. The van der Waals surface area contributed by atoms with Crippen LogP contribution in [0.3, 0.4) is 0 Å². The molecule has 0 fully saturated rings. The van der Waals surface area contributed by atoms with Crippen LogP contribution in [0, 0.1) is 0 Å². The van der Waals surface area contributed by atoms with Crippen molar-refractivity contribution in [3.8, 4) is 17.2 Å². The standard InChI is InChI=1S/C24H24ClN5O4/c1-32-18-10-14(11-19(33-2)22(18)34-3)13-8-16-20(17(31)9-13)21(12-4-6-15(25)7-5-12)30-24(27-16)28-23(26)29-30/h4-7,10-11,13,21H,8-9H2,1-3H3,(H3,26,27,28,29). The van der Waals surface area contributed by atoms with E-state index in [0.717, 1.165) is 16.8 Å². The third kappa shape index (κ3) is 3.62. The van der Waals surface area contributed by atoms with Crippen LogP contribution < -0.4 is 25.3 Å². The fourth-order valence-electron chi connectivity index (χ4n) is 4.75. The Bertz CT molecular complexity index is 1280. The number of nitrogens with two attached hydrogens (primary N) is 1. The van der Waals surface area contributed by atoms with Crippen LogP contribution in [0.25, 0.3) is 0 Å². The molecule has 9 nitrogen and oxygen atoms in total. The molecule has 1 aromatic heterocycles. The van der Waals surface area contributed by atoms with Crippen molar-refractivity contribution in [1.29, 1.82) is 0 Å². The maximum Gasteiger partial charge on any atom is 0.241 e. The first-order chi connectivity index (χ1) is 16.4. The normalized spacial score (nSPS) is 19.2. The van der Waals surface area contributed by atoms with Crippen molar-refractivity contribution in [3.05, 3.63) is 63.8 Å². The number of hydrogen-bond acceptors (Lipinski definition) is 8. The number of carbonyl (C=O) groups excluding carboxylic acids is 1. The summed E-state index contributed by atoms with van der Waals surface area (Å²) in [5.74, 6) is 2.17. The Balaban J connectivity index is 1.58. The molecule has 176 valence electrons. The largest absolute Gasteiger partial charge is 0.493 e. The predicted octanol–water partition coefficient (Wildman–Crippen LogP) is 3.96. The molecule has 1 aliphatic heterocycles. The molecule has 5 rings (SSSR count). The van der Waals surface area contributed by atoms with E-state index in [-0.39, 0.29) is 17.6 Å². The van der Waals surface area contributed by atoms with Gasteiger partial charge in [-0.15, -0.1) is 5.10 Å². The second-order valence-electron chi connectivity index (χ2n) is 8.20. The third-order valence-electron chi connectivity index (χ3n) is 6.28. The molecule has 0 amide bonds. The van der Waals surface area contributed by atoms with Crippen LogP contribution in [0.1, 0.15) is 35.9 Å². The number of methoxy groups -OCH3 is 3. The maximum atomic E-state index is 13.6. The van der Waals surface area contributed by atoms with E-state index in [1.54, 1.807) is 38.1 Å². The minimum absolute atomic E-state index is 0.0205. The number of Topliss-reactive ketones (excluding diaryl/α,β-unsaturated/α-hetero) is 1. The van der Waals surface area contributed by atoms with Gasteiger partial charge in [0.1, 0.15) is 6.04 Å². The first-order valence-corrected chi connectivity index (χ1v) is 11.1. The van der Waals surface area contributed by atoms with Crippen molar-refractivity contribution in [2.45, 2.75) is 24.8 Å². The Morgan fingerprint density at radius 2 is 1.71 bits per heavy atom. The number of carbonyl (C=O) groups is 1. The van der Waals surface area contributed by atoms with Gasteiger partial charge in [0, 0.05) is 22.7 Å². The molecule has 0 saturated heterocycles. The summed E-state index contributed by atoms with van der Waals surface area (Å²) in [7, 11) is 4.71. The molecule has 0 spiro atoms. The van der Waals surface area contributed by atoms with Crippen LogP contribution in [0.4, 0.5) is 11.9 Å². The molecule has 1 aliphatic carbocycles. The number of benzene rings is 2. The zero-order chi connectivity index (χ0) is 24.0. The van der Waals surface area contributed by atoms with E-state index in [1.807, 2.05) is 24.3 Å². The fraction of sp³-hybridized carbons (Fsp3) is 0.292. The van der Waals surface area contributed by atoms with Crippen LogP contribution in [-0.4, -0.2) is 41.9 Å². The molecule has 3 N–H and O–H groups in total. The number of nitrogens with one attached hydrogen (secondary N) is 1. The number of nitrogen functional groups attached to an aromatic ring is 1. The van der Waals surface area contributed by atoms with Crippen molar-refractivity contribution in [3.63, 3.8) is 0 Å². The second kappa shape index (κ2) is 8.57. The number of nitrogens with zero attached hydrogens (tertiary/aromatic N) is 3. The lowest BCUT2D eigenvalue weighted by Gasteiger charge is -2.35. The highest BCUT2D eigenvalue weighted by molar-refractivity contribution is 6.30. The summed E-state index contributed by atoms with van der Waals surface area (Å²) < 4.78 is 18.1. The number of hydrogen-bond donors (Lipinski definition) is 2. The molecule has 34 heavy (non-hydrogen) atoms. The number of aromatic nitrogens is 3. The van der Waals surface area contributed by atoms with Crippen molar-refractivity contribution in [2.75, 3.05) is 32.4 Å². The van der Waals surface area contributed by atoms with E-state index in [4.69, 9.17) is 31.5 Å². The van der Waals surface area contributed by atoms with E-state index in [1.165, 1.54) is 0 Å². The molecule has 10 heteroatoms. The van der Waals surface area contributed by atoms with Gasteiger partial charge in [-0.25, -0.2) is 4.68 Å². The number of anilines is 2. The van der Waals surface area contributed by atoms with E-state index < -0.39 is 6.04 Å². The lowest BCUT2D eigenvalue weighted by atomic mass is 9.78. The van der Waals surface area contributed by atoms with Crippen molar-refractivity contribution in [2.24, 2.45) is 0 Å². The number of ether oxygens (including phenoxy) is 3. The highest BCUT2D eigenvalue weighted by Crippen LogP contribution is 2.47. The monoisotopic (exact) mass is 481 g/mol. The maximum absolute atomic E-state index is 13.6. The van der Waals surface area contributed by atoms with Gasteiger partial charge in [-0.1, -0.05) is 23.7 Å². The van der Waals surface area contributed by atoms with Gasteiger partial charge in [-0.05, 0) is 47.7 Å². The van der Waals surface area contributed by atoms with Gasteiger partial charge >= 0.3 is 0 Å². The summed E-state index contributed by atoms with van der Waals surface area (Å²) >= 11 is 6.10. The first-order valence-electron chi connectivity index (χ1n) is 10.7. The fourth-order valence-corrected chi connectivity index (χ4v) is 4.88. The molecule has 2 atom stereocenters. The van der Waals surface area contributed by atoms with Crippen LogP contribution in [0.5, 0.6) is 17.2 Å². The average Bonchev–Trinajstić information content (AvgIpc) is 3.21.